The van der Waals surface area contributed by atoms with Crippen molar-refractivity contribution in [2.45, 2.75) is 39.7 Å². The van der Waals surface area contributed by atoms with Gasteiger partial charge in [0.1, 0.15) is 5.82 Å². The van der Waals surface area contributed by atoms with Gasteiger partial charge in [0.05, 0.1) is 11.9 Å². The predicted octanol–water partition coefficient (Wildman–Crippen LogP) is 2.24. The number of anilines is 2. The Bertz CT molecular complexity index is 434. The van der Waals surface area contributed by atoms with Crippen molar-refractivity contribution in [3.05, 3.63) is 18.3 Å². The van der Waals surface area contributed by atoms with Gasteiger partial charge in [-0.05, 0) is 24.0 Å². The molecule has 1 aromatic rings. The van der Waals surface area contributed by atoms with Gasteiger partial charge in [-0.1, -0.05) is 20.8 Å². The van der Waals surface area contributed by atoms with Crippen molar-refractivity contribution in [2.75, 3.05) is 24.3 Å². The molecule has 20 heavy (non-hydrogen) atoms. The molecule has 1 atom stereocenters. The number of hydrogen-bond acceptors (Lipinski definition) is 4. The highest BCUT2D eigenvalue weighted by molar-refractivity contribution is 5.91. The van der Waals surface area contributed by atoms with Gasteiger partial charge >= 0.3 is 0 Å². The Labute approximate surface area is 121 Å². The molecule has 0 saturated carbocycles. The molecule has 3 N–H and O–H groups in total. The van der Waals surface area contributed by atoms with Crippen molar-refractivity contribution in [1.29, 1.82) is 0 Å². The van der Waals surface area contributed by atoms with Crippen LogP contribution in [0.25, 0.3) is 0 Å². The van der Waals surface area contributed by atoms with Crippen LogP contribution in [-0.2, 0) is 4.79 Å². The maximum absolute atomic E-state index is 11.9. The first kappa shape index (κ1) is 16.4. The number of pyridine rings is 1. The summed E-state index contributed by atoms with van der Waals surface area (Å²) < 4.78 is 0. The number of nitrogens with one attached hydrogen (secondary N) is 1. The van der Waals surface area contributed by atoms with Gasteiger partial charge in [0.25, 0.3) is 0 Å². The number of rotatable bonds is 5. The summed E-state index contributed by atoms with van der Waals surface area (Å²) in [5.41, 5.74) is 6.83. The molecule has 112 valence electrons. The van der Waals surface area contributed by atoms with E-state index in [9.17, 15) is 4.79 Å². The third-order valence-electron chi connectivity index (χ3n) is 2.81. The summed E-state index contributed by atoms with van der Waals surface area (Å²) in [6.45, 7) is 6.36. The maximum atomic E-state index is 11.9. The summed E-state index contributed by atoms with van der Waals surface area (Å²) in [4.78, 5) is 18.1. The van der Waals surface area contributed by atoms with Gasteiger partial charge in [-0.25, -0.2) is 4.98 Å². The molecule has 0 bridgehead atoms. The molecule has 0 spiro atoms. The van der Waals surface area contributed by atoms with E-state index in [2.05, 4.69) is 31.1 Å². The predicted molar refractivity (Wildman–Crippen MR) is 83.9 cm³/mol. The quantitative estimate of drug-likeness (QED) is 0.866. The number of aromatic nitrogens is 1. The molecule has 1 heterocycles. The van der Waals surface area contributed by atoms with E-state index in [1.54, 1.807) is 6.20 Å². The SMILES string of the molecule is CN(C)c1ccc(NC(=O)CC(N)CC(C)(C)C)cn1. The van der Waals surface area contributed by atoms with Crippen molar-refractivity contribution < 1.29 is 4.79 Å². The molecule has 0 radical (unpaired) electrons. The Kier molecular flexibility index (Phi) is 5.51. The molecule has 0 aromatic carbocycles. The summed E-state index contributed by atoms with van der Waals surface area (Å²) in [5, 5.41) is 2.82. The number of carbonyl (C=O) groups excluding carboxylic acids is 1. The third kappa shape index (κ3) is 6.02. The molecule has 0 aliphatic heterocycles. The monoisotopic (exact) mass is 278 g/mol. The lowest BCUT2D eigenvalue weighted by molar-refractivity contribution is -0.116. The maximum Gasteiger partial charge on any atom is 0.225 e. The molecular weight excluding hydrogens is 252 g/mol. The number of carbonyl (C=O) groups is 1. The molecule has 1 unspecified atom stereocenters. The number of hydrogen-bond donors (Lipinski definition) is 2. The molecule has 0 aliphatic carbocycles. The zero-order valence-electron chi connectivity index (χ0n) is 13.1. The zero-order valence-corrected chi connectivity index (χ0v) is 13.1. The zero-order chi connectivity index (χ0) is 15.3. The first-order valence-corrected chi connectivity index (χ1v) is 6.86. The van der Waals surface area contributed by atoms with Crippen LogP contribution in [0, 0.1) is 5.41 Å². The van der Waals surface area contributed by atoms with E-state index in [0.29, 0.717) is 12.1 Å². The van der Waals surface area contributed by atoms with Gasteiger partial charge in [0.2, 0.25) is 5.91 Å². The van der Waals surface area contributed by atoms with Crippen molar-refractivity contribution in [3.8, 4) is 0 Å². The van der Waals surface area contributed by atoms with E-state index in [1.807, 2.05) is 31.1 Å². The standard InChI is InChI=1S/C15H26N4O/c1-15(2,3)9-11(16)8-14(20)18-12-6-7-13(17-10-12)19(4)5/h6-7,10-11H,8-9,16H2,1-5H3,(H,18,20). The van der Waals surface area contributed by atoms with Crippen LogP contribution in [0.15, 0.2) is 18.3 Å². The number of nitrogens with two attached hydrogens (primary N) is 1. The van der Waals surface area contributed by atoms with E-state index < -0.39 is 0 Å². The van der Waals surface area contributed by atoms with Crippen LogP contribution in [0.5, 0.6) is 0 Å². The van der Waals surface area contributed by atoms with Crippen LogP contribution in [-0.4, -0.2) is 31.0 Å². The molecule has 1 amide bonds. The van der Waals surface area contributed by atoms with Crippen LogP contribution in [0.1, 0.15) is 33.6 Å². The number of amides is 1. The van der Waals surface area contributed by atoms with Crippen molar-refractivity contribution >= 4 is 17.4 Å². The topological polar surface area (TPSA) is 71.2 Å². The van der Waals surface area contributed by atoms with Crippen molar-refractivity contribution in [2.24, 2.45) is 11.1 Å². The summed E-state index contributed by atoms with van der Waals surface area (Å²) in [6, 6.07) is 3.59. The summed E-state index contributed by atoms with van der Waals surface area (Å²) in [5.74, 6) is 0.786. The van der Waals surface area contributed by atoms with Crippen LogP contribution < -0.4 is 16.0 Å². The average molecular weight is 278 g/mol. The Balaban J connectivity index is 2.50. The molecule has 0 aliphatic rings. The van der Waals surface area contributed by atoms with Crippen LogP contribution >= 0.6 is 0 Å². The van der Waals surface area contributed by atoms with E-state index in [-0.39, 0.29) is 17.4 Å². The Hall–Kier alpha value is -1.62. The van der Waals surface area contributed by atoms with Gasteiger partial charge < -0.3 is 16.0 Å². The number of nitrogens with zero attached hydrogens (tertiary/aromatic N) is 2. The molecule has 5 nitrogen and oxygen atoms in total. The fourth-order valence-corrected chi connectivity index (χ4v) is 2.03. The highest BCUT2D eigenvalue weighted by Gasteiger charge is 2.18. The Morgan fingerprint density at radius 3 is 2.50 bits per heavy atom. The van der Waals surface area contributed by atoms with E-state index in [1.165, 1.54) is 0 Å². The molecular formula is C15H26N4O. The van der Waals surface area contributed by atoms with E-state index in [0.717, 1.165) is 12.2 Å². The summed E-state index contributed by atoms with van der Waals surface area (Å²) in [6.07, 6.45) is 2.80. The second kappa shape index (κ2) is 6.70. The Morgan fingerprint density at radius 2 is 2.05 bits per heavy atom. The molecule has 1 aromatic heterocycles. The minimum absolute atomic E-state index is 0.0684. The highest BCUT2D eigenvalue weighted by Crippen LogP contribution is 2.21. The fourth-order valence-electron chi connectivity index (χ4n) is 2.03. The summed E-state index contributed by atoms with van der Waals surface area (Å²) >= 11 is 0. The first-order valence-electron chi connectivity index (χ1n) is 6.86. The molecule has 1 rings (SSSR count). The van der Waals surface area contributed by atoms with Gasteiger partial charge in [-0.3, -0.25) is 4.79 Å². The lowest BCUT2D eigenvalue weighted by Crippen LogP contribution is -2.31. The summed E-state index contributed by atoms with van der Waals surface area (Å²) in [7, 11) is 3.85. The normalized spacial score (nSPS) is 12.9. The van der Waals surface area contributed by atoms with Gasteiger partial charge in [0, 0.05) is 26.6 Å². The second-order valence-electron chi connectivity index (χ2n) is 6.58. The van der Waals surface area contributed by atoms with Crippen LogP contribution in [0.4, 0.5) is 11.5 Å². The van der Waals surface area contributed by atoms with Crippen LogP contribution in [0.2, 0.25) is 0 Å². The third-order valence-corrected chi connectivity index (χ3v) is 2.81. The second-order valence-corrected chi connectivity index (χ2v) is 6.58. The first-order chi connectivity index (χ1) is 9.17. The minimum Gasteiger partial charge on any atom is -0.363 e. The smallest absolute Gasteiger partial charge is 0.225 e. The lowest BCUT2D eigenvalue weighted by Gasteiger charge is -2.22. The van der Waals surface area contributed by atoms with Gasteiger partial charge in [-0.15, -0.1) is 0 Å². The molecule has 0 saturated heterocycles. The Morgan fingerprint density at radius 1 is 1.40 bits per heavy atom. The minimum atomic E-state index is -0.121. The molecule has 0 fully saturated rings. The van der Waals surface area contributed by atoms with Crippen molar-refractivity contribution in [1.82, 2.24) is 4.98 Å². The lowest BCUT2D eigenvalue weighted by atomic mass is 9.87. The largest absolute Gasteiger partial charge is 0.363 e. The van der Waals surface area contributed by atoms with Crippen molar-refractivity contribution in [3.63, 3.8) is 0 Å². The van der Waals surface area contributed by atoms with E-state index in [4.69, 9.17) is 5.73 Å². The highest BCUT2D eigenvalue weighted by atomic mass is 16.1. The van der Waals surface area contributed by atoms with Crippen LogP contribution in [0.3, 0.4) is 0 Å². The fraction of sp³-hybridized carbons (Fsp3) is 0.600. The van der Waals surface area contributed by atoms with E-state index >= 15 is 0 Å². The van der Waals surface area contributed by atoms with Gasteiger partial charge in [-0.2, -0.15) is 0 Å². The molecule has 5 heteroatoms. The average Bonchev–Trinajstić information content (AvgIpc) is 2.26. The van der Waals surface area contributed by atoms with Gasteiger partial charge in [0.15, 0.2) is 0 Å².